The Morgan fingerprint density at radius 3 is 2.59 bits per heavy atom. The highest BCUT2D eigenvalue weighted by Gasteiger charge is 2.28. The largest absolute Gasteiger partial charge is 0.501 e. The van der Waals surface area contributed by atoms with E-state index in [1.165, 1.54) is 0 Å². The van der Waals surface area contributed by atoms with Crippen LogP contribution in [-0.2, 0) is 11.2 Å². The summed E-state index contributed by atoms with van der Waals surface area (Å²) in [4.78, 5) is 22.6. The molecule has 17 heavy (non-hydrogen) atoms. The van der Waals surface area contributed by atoms with Crippen molar-refractivity contribution in [1.82, 2.24) is 4.98 Å². The number of nitro groups is 1. The summed E-state index contributed by atoms with van der Waals surface area (Å²) in [5.41, 5.74) is -1.48. The Morgan fingerprint density at radius 1 is 1.59 bits per heavy atom. The van der Waals surface area contributed by atoms with Crippen LogP contribution in [0.3, 0.4) is 0 Å². The van der Waals surface area contributed by atoms with E-state index in [4.69, 9.17) is 10.2 Å². The number of aliphatic carboxylic acids is 1. The maximum atomic E-state index is 12.5. The molecule has 0 saturated heterocycles. The lowest BCUT2D eigenvalue weighted by molar-refractivity contribution is -0.390. The molecule has 1 rings (SSSR count). The van der Waals surface area contributed by atoms with Crippen LogP contribution in [0.1, 0.15) is 17.7 Å². The number of alkyl halides is 2. The van der Waals surface area contributed by atoms with Gasteiger partial charge in [0.2, 0.25) is 11.4 Å². The molecular formula is C8H6F2N2O5. The number of aromatic hydroxyl groups is 1. The minimum atomic E-state index is -3.16. The molecule has 1 aromatic heterocycles. The Kier molecular flexibility index (Phi) is 3.51. The van der Waals surface area contributed by atoms with Crippen molar-refractivity contribution in [2.45, 2.75) is 12.8 Å². The molecule has 2 N–H and O–H groups in total. The number of carbonyl (C=O) groups is 1. The third-order valence-electron chi connectivity index (χ3n) is 1.82. The first-order chi connectivity index (χ1) is 7.82. The number of hydrogen-bond acceptors (Lipinski definition) is 5. The summed E-state index contributed by atoms with van der Waals surface area (Å²) < 4.78 is 25.0. The van der Waals surface area contributed by atoms with Gasteiger partial charge in [-0.25, -0.2) is 8.78 Å². The Balaban J connectivity index is 3.35. The minimum absolute atomic E-state index is 0.462. The van der Waals surface area contributed by atoms with Crippen molar-refractivity contribution in [3.8, 4) is 5.75 Å². The van der Waals surface area contributed by atoms with E-state index in [1.54, 1.807) is 0 Å². The normalized spacial score (nSPS) is 10.5. The molecular weight excluding hydrogens is 242 g/mol. The molecule has 0 fully saturated rings. The average molecular weight is 248 g/mol. The van der Waals surface area contributed by atoms with Crippen LogP contribution in [0, 0.1) is 10.1 Å². The fraction of sp³-hybridized carbons (Fsp3) is 0.250. The Labute approximate surface area is 92.5 Å². The highest BCUT2D eigenvalue weighted by atomic mass is 19.3. The Hall–Kier alpha value is -2.32. The number of nitrogens with zero attached hydrogens (tertiary/aromatic N) is 2. The molecule has 0 aliphatic heterocycles. The SMILES string of the molecule is O=C(O)Cc1cc(O)c([N+](=O)[O-])nc1C(F)F. The van der Waals surface area contributed by atoms with E-state index in [-0.39, 0.29) is 0 Å². The summed E-state index contributed by atoms with van der Waals surface area (Å²) in [6, 6.07) is 0.612. The smallest absolute Gasteiger partial charge is 0.406 e. The second kappa shape index (κ2) is 4.68. The zero-order chi connectivity index (χ0) is 13.2. The number of pyridine rings is 1. The fourth-order valence-electron chi connectivity index (χ4n) is 1.17. The predicted molar refractivity (Wildman–Crippen MR) is 48.9 cm³/mol. The predicted octanol–water partition coefficient (Wildman–Crippen LogP) is 1.26. The molecule has 0 aromatic carbocycles. The lowest BCUT2D eigenvalue weighted by atomic mass is 10.1. The summed E-state index contributed by atoms with van der Waals surface area (Å²) in [5, 5.41) is 27.9. The molecule has 0 radical (unpaired) electrons. The van der Waals surface area contributed by atoms with Crippen molar-refractivity contribution < 1.29 is 28.7 Å². The van der Waals surface area contributed by atoms with Gasteiger partial charge in [0.05, 0.1) is 6.42 Å². The fourth-order valence-corrected chi connectivity index (χ4v) is 1.17. The van der Waals surface area contributed by atoms with Gasteiger partial charge >= 0.3 is 18.2 Å². The summed E-state index contributed by atoms with van der Waals surface area (Å²) in [6.07, 6.45) is -3.97. The molecule has 9 heteroatoms. The van der Waals surface area contributed by atoms with E-state index in [2.05, 4.69) is 4.98 Å². The number of aromatic nitrogens is 1. The van der Waals surface area contributed by atoms with Crippen molar-refractivity contribution in [3.63, 3.8) is 0 Å². The zero-order valence-corrected chi connectivity index (χ0v) is 8.13. The lowest BCUT2D eigenvalue weighted by Crippen LogP contribution is -2.07. The van der Waals surface area contributed by atoms with Crippen LogP contribution in [-0.4, -0.2) is 26.1 Å². The van der Waals surface area contributed by atoms with Gasteiger partial charge in [-0.1, -0.05) is 0 Å². The molecule has 0 bridgehead atoms. The second-order valence-corrected chi connectivity index (χ2v) is 3.00. The van der Waals surface area contributed by atoms with Crippen molar-refractivity contribution in [2.75, 3.05) is 0 Å². The molecule has 0 aliphatic carbocycles. The zero-order valence-electron chi connectivity index (χ0n) is 8.13. The molecule has 0 aliphatic rings. The van der Waals surface area contributed by atoms with Crippen LogP contribution >= 0.6 is 0 Å². The van der Waals surface area contributed by atoms with Crippen molar-refractivity contribution >= 4 is 11.8 Å². The van der Waals surface area contributed by atoms with Gasteiger partial charge in [0.15, 0.2) is 0 Å². The first kappa shape index (κ1) is 12.7. The van der Waals surface area contributed by atoms with E-state index in [1.807, 2.05) is 0 Å². The van der Waals surface area contributed by atoms with E-state index >= 15 is 0 Å². The number of carboxylic acid groups (broad SMARTS) is 1. The number of halogens is 2. The monoisotopic (exact) mass is 248 g/mol. The third kappa shape index (κ3) is 2.83. The highest BCUT2D eigenvalue weighted by molar-refractivity contribution is 5.71. The summed E-state index contributed by atoms with van der Waals surface area (Å²) in [7, 11) is 0. The van der Waals surface area contributed by atoms with Crippen LogP contribution in [0.5, 0.6) is 5.75 Å². The van der Waals surface area contributed by atoms with Crippen molar-refractivity contribution in [2.24, 2.45) is 0 Å². The first-order valence-corrected chi connectivity index (χ1v) is 4.20. The second-order valence-electron chi connectivity index (χ2n) is 3.00. The molecule has 0 atom stereocenters. The van der Waals surface area contributed by atoms with Crippen LogP contribution in [0.25, 0.3) is 0 Å². The van der Waals surface area contributed by atoms with Crippen LogP contribution in [0.4, 0.5) is 14.6 Å². The van der Waals surface area contributed by atoms with Gasteiger partial charge in [-0.15, -0.1) is 0 Å². The number of hydrogen-bond donors (Lipinski definition) is 2. The van der Waals surface area contributed by atoms with E-state index in [9.17, 15) is 23.7 Å². The van der Waals surface area contributed by atoms with E-state index < -0.39 is 46.6 Å². The summed E-state index contributed by atoms with van der Waals surface area (Å²) in [5.74, 6) is -3.49. The van der Waals surface area contributed by atoms with Gasteiger partial charge < -0.3 is 20.3 Å². The third-order valence-corrected chi connectivity index (χ3v) is 1.82. The molecule has 92 valence electrons. The van der Waals surface area contributed by atoms with Crippen molar-refractivity contribution in [1.29, 1.82) is 0 Å². The maximum Gasteiger partial charge on any atom is 0.406 e. The van der Waals surface area contributed by atoms with E-state index in [0.29, 0.717) is 6.07 Å². The standard InChI is InChI=1S/C8H6F2N2O5/c9-7(10)6-3(2-5(14)15)1-4(13)8(11-6)12(16)17/h1,7,13H,2H2,(H,14,15). The van der Waals surface area contributed by atoms with E-state index in [0.717, 1.165) is 0 Å². The highest BCUT2D eigenvalue weighted by Crippen LogP contribution is 2.30. The van der Waals surface area contributed by atoms with Gasteiger partial charge in [0.25, 0.3) is 0 Å². The van der Waals surface area contributed by atoms with Gasteiger partial charge in [-0.2, -0.15) is 0 Å². The van der Waals surface area contributed by atoms with Gasteiger partial charge in [0.1, 0.15) is 0 Å². The number of rotatable bonds is 4. The van der Waals surface area contributed by atoms with Gasteiger partial charge in [0, 0.05) is 5.56 Å². The summed E-state index contributed by atoms with van der Waals surface area (Å²) >= 11 is 0. The van der Waals surface area contributed by atoms with Gasteiger partial charge in [-0.05, 0) is 16.0 Å². The maximum absolute atomic E-state index is 12.5. The molecule has 0 spiro atoms. The Bertz CT molecular complexity index is 477. The average Bonchev–Trinajstić information content (AvgIpc) is 2.15. The van der Waals surface area contributed by atoms with Crippen LogP contribution < -0.4 is 0 Å². The topological polar surface area (TPSA) is 114 Å². The Morgan fingerprint density at radius 2 is 2.18 bits per heavy atom. The molecule has 0 amide bonds. The van der Waals surface area contributed by atoms with Crippen molar-refractivity contribution in [3.05, 3.63) is 27.4 Å². The lowest BCUT2D eigenvalue weighted by Gasteiger charge is -2.03. The van der Waals surface area contributed by atoms with Crippen LogP contribution in [0.2, 0.25) is 0 Å². The molecule has 7 nitrogen and oxygen atoms in total. The number of carboxylic acids is 1. The molecule has 0 unspecified atom stereocenters. The summed E-state index contributed by atoms with van der Waals surface area (Å²) in [6.45, 7) is 0. The van der Waals surface area contributed by atoms with Gasteiger partial charge in [-0.3, -0.25) is 4.79 Å². The minimum Gasteiger partial charge on any atom is -0.501 e. The molecule has 1 aromatic rings. The quantitative estimate of drug-likeness (QED) is 0.612. The molecule has 0 saturated carbocycles. The molecule has 1 heterocycles. The first-order valence-electron chi connectivity index (χ1n) is 4.20. The van der Waals surface area contributed by atoms with Crippen LogP contribution in [0.15, 0.2) is 6.07 Å².